The average Bonchev–Trinajstić information content (AvgIpc) is 2.38. The van der Waals surface area contributed by atoms with E-state index in [9.17, 15) is 4.79 Å². The summed E-state index contributed by atoms with van der Waals surface area (Å²) in [6, 6.07) is 5.49. The molecule has 19 heavy (non-hydrogen) atoms. The van der Waals surface area contributed by atoms with Crippen LogP contribution in [0.25, 0.3) is 0 Å². The Morgan fingerprint density at radius 1 is 1.37 bits per heavy atom. The van der Waals surface area contributed by atoms with Crippen molar-refractivity contribution in [1.29, 1.82) is 0 Å². The van der Waals surface area contributed by atoms with Crippen LogP contribution in [-0.4, -0.2) is 21.1 Å². The second-order valence-electron chi connectivity index (χ2n) is 4.47. The van der Waals surface area contributed by atoms with Crippen molar-refractivity contribution < 1.29 is 0 Å². The molecule has 0 fully saturated rings. The van der Waals surface area contributed by atoms with Crippen LogP contribution in [-0.2, 0) is 13.1 Å². The Labute approximate surface area is 112 Å². The first-order chi connectivity index (χ1) is 9.16. The molecule has 0 aliphatic carbocycles. The molecule has 100 valence electrons. The van der Waals surface area contributed by atoms with Crippen LogP contribution in [0.4, 0.5) is 0 Å². The third-order valence-electron chi connectivity index (χ3n) is 2.89. The maximum absolute atomic E-state index is 11.8. The van der Waals surface area contributed by atoms with Gasteiger partial charge in [0.15, 0.2) is 0 Å². The van der Waals surface area contributed by atoms with E-state index in [1.807, 2.05) is 32.2 Å². The van der Waals surface area contributed by atoms with Crippen molar-refractivity contribution in [3.63, 3.8) is 0 Å². The zero-order valence-electron chi connectivity index (χ0n) is 11.3. The molecular formula is C14H18N4O. The van der Waals surface area contributed by atoms with E-state index in [0.29, 0.717) is 6.54 Å². The highest BCUT2D eigenvalue weighted by Gasteiger charge is 2.02. The predicted molar refractivity (Wildman–Crippen MR) is 73.9 cm³/mol. The molecule has 0 saturated heterocycles. The summed E-state index contributed by atoms with van der Waals surface area (Å²) < 4.78 is 1.68. The first-order valence-electron chi connectivity index (χ1n) is 6.31. The van der Waals surface area contributed by atoms with Crippen LogP contribution in [0.1, 0.15) is 17.1 Å². The summed E-state index contributed by atoms with van der Waals surface area (Å²) in [7, 11) is 0. The Morgan fingerprint density at radius 3 is 2.89 bits per heavy atom. The Balaban J connectivity index is 1.88. The van der Waals surface area contributed by atoms with E-state index in [2.05, 4.69) is 15.3 Å². The molecule has 5 nitrogen and oxygen atoms in total. The SMILES string of the molecule is Cc1cc(=O)n(CCNCc2cccnc2)c(C)n1. The van der Waals surface area contributed by atoms with Crippen LogP contribution < -0.4 is 10.9 Å². The van der Waals surface area contributed by atoms with Gasteiger partial charge in [0.2, 0.25) is 0 Å². The van der Waals surface area contributed by atoms with Gasteiger partial charge in [-0.1, -0.05) is 6.07 Å². The van der Waals surface area contributed by atoms with E-state index in [-0.39, 0.29) is 5.56 Å². The molecule has 0 radical (unpaired) electrons. The normalized spacial score (nSPS) is 10.6. The number of hydrogen-bond acceptors (Lipinski definition) is 4. The Morgan fingerprint density at radius 2 is 2.21 bits per heavy atom. The standard InChI is InChI=1S/C14H18N4O/c1-11-8-14(19)18(12(2)17-11)7-6-16-10-13-4-3-5-15-9-13/h3-5,8-9,16H,6-7,10H2,1-2H3. The lowest BCUT2D eigenvalue weighted by molar-refractivity contribution is 0.563. The lowest BCUT2D eigenvalue weighted by Gasteiger charge is -2.10. The topological polar surface area (TPSA) is 59.8 Å². The van der Waals surface area contributed by atoms with E-state index < -0.39 is 0 Å². The number of nitrogens with zero attached hydrogens (tertiary/aromatic N) is 3. The van der Waals surface area contributed by atoms with Crippen LogP contribution in [0.2, 0.25) is 0 Å². The Hall–Kier alpha value is -2.01. The summed E-state index contributed by atoms with van der Waals surface area (Å²) in [5.74, 6) is 0.758. The number of nitrogens with one attached hydrogen (secondary N) is 1. The molecule has 1 N–H and O–H groups in total. The van der Waals surface area contributed by atoms with Gasteiger partial charge in [0.25, 0.3) is 5.56 Å². The Bertz CT molecular complexity index is 592. The molecular weight excluding hydrogens is 240 g/mol. The average molecular weight is 258 g/mol. The zero-order chi connectivity index (χ0) is 13.7. The van der Waals surface area contributed by atoms with Gasteiger partial charge < -0.3 is 5.32 Å². The summed E-state index contributed by atoms with van der Waals surface area (Å²) in [5, 5.41) is 3.29. The highest BCUT2D eigenvalue weighted by atomic mass is 16.1. The quantitative estimate of drug-likeness (QED) is 0.814. The van der Waals surface area contributed by atoms with Crippen LogP contribution in [0.5, 0.6) is 0 Å². The predicted octanol–water partition coefficient (Wildman–Crippen LogP) is 1.04. The van der Waals surface area contributed by atoms with E-state index in [0.717, 1.165) is 30.2 Å². The smallest absolute Gasteiger partial charge is 0.253 e. The van der Waals surface area contributed by atoms with Gasteiger partial charge in [-0.15, -0.1) is 0 Å². The van der Waals surface area contributed by atoms with E-state index >= 15 is 0 Å². The summed E-state index contributed by atoms with van der Waals surface area (Å²) in [6.07, 6.45) is 3.59. The summed E-state index contributed by atoms with van der Waals surface area (Å²) in [6.45, 7) is 5.79. The molecule has 0 atom stereocenters. The van der Waals surface area contributed by atoms with Gasteiger partial charge in [-0.2, -0.15) is 0 Å². The monoisotopic (exact) mass is 258 g/mol. The molecule has 5 heteroatoms. The molecule has 0 aromatic carbocycles. The lowest BCUT2D eigenvalue weighted by atomic mass is 10.3. The van der Waals surface area contributed by atoms with Crippen molar-refractivity contribution >= 4 is 0 Å². The molecule has 0 spiro atoms. The van der Waals surface area contributed by atoms with E-state index in [1.165, 1.54) is 0 Å². The molecule has 2 heterocycles. The maximum atomic E-state index is 11.8. The van der Waals surface area contributed by atoms with Gasteiger partial charge in [0, 0.05) is 43.8 Å². The molecule has 0 bridgehead atoms. The molecule has 2 rings (SSSR count). The van der Waals surface area contributed by atoms with Gasteiger partial charge >= 0.3 is 0 Å². The molecule has 0 unspecified atom stereocenters. The van der Waals surface area contributed by atoms with Crippen molar-refractivity contribution in [1.82, 2.24) is 19.9 Å². The van der Waals surface area contributed by atoms with Crippen molar-refractivity contribution in [3.05, 3.63) is 58.0 Å². The number of aromatic nitrogens is 3. The first kappa shape index (κ1) is 13.4. The molecule has 2 aromatic heterocycles. The Kier molecular flexibility index (Phi) is 4.41. The maximum Gasteiger partial charge on any atom is 0.253 e. The van der Waals surface area contributed by atoms with Crippen molar-refractivity contribution in [2.45, 2.75) is 26.9 Å². The fourth-order valence-corrected chi connectivity index (χ4v) is 1.96. The van der Waals surface area contributed by atoms with Gasteiger partial charge in [0.1, 0.15) is 5.82 Å². The van der Waals surface area contributed by atoms with Crippen molar-refractivity contribution in [3.8, 4) is 0 Å². The number of hydrogen-bond donors (Lipinski definition) is 1. The van der Waals surface area contributed by atoms with Gasteiger partial charge in [-0.25, -0.2) is 4.98 Å². The van der Waals surface area contributed by atoms with E-state index in [4.69, 9.17) is 0 Å². The van der Waals surface area contributed by atoms with Crippen LogP contribution in [0.15, 0.2) is 35.4 Å². The number of pyridine rings is 1. The molecule has 0 aliphatic rings. The fourth-order valence-electron chi connectivity index (χ4n) is 1.96. The number of aryl methyl sites for hydroxylation is 2. The highest BCUT2D eigenvalue weighted by molar-refractivity contribution is 5.07. The first-order valence-corrected chi connectivity index (χ1v) is 6.31. The minimum Gasteiger partial charge on any atom is -0.311 e. The zero-order valence-corrected chi connectivity index (χ0v) is 11.3. The largest absolute Gasteiger partial charge is 0.311 e. The molecule has 0 saturated carbocycles. The van der Waals surface area contributed by atoms with Crippen molar-refractivity contribution in [2.75, 3.05) is 6.54 Å². The number of rotatable bonds is 5. The lowest BCUT2D eigenvalue weighted by Crippen LogP contribution is -2.29. The van der Waals surface area contributed by atoms with Crippen LogP contribution in [0.3, 0.4) is 0 Å². The van der Waals surface area contributed by atoms with Gasteiger partial charge in [-0.05, 0) is 25.5 Å². The second-order valence-corrected chi connectivity index (χ2v) is 4.47. The molecule has 0 amide bonds. The molecule has 0 aliphatic heterocycles. The summed E-state index contributed by atoms with van der Waals surface area (Å²) in [4.78, 5) is 20.2. The van der Waals surface area contributed by atoms with Gasteiger partial charge in [0.05, 0.1) is 0 Å². The van der Waals surface area contributed by atoms with Crippen molar-refractivity contribution in [2.24, 2.45) is 0 Å². The van der Waals surface area contributed by atoms with Gasteiger partial charge in [-0.3, -0.25) is 14.3 Å². The minimum atomic E-state index is 0.00757. The minimum absolute atomic E-state index is 0.00757. The summed E-state index contributed by atoms with van der Waals surface area (Å²) >= 11 is 0. The second kappa shape index (κ2) is 6.24. The van der Waals surface area contributed by atoms with E-state index in [1.54, 1.807) is 16.8 Å². The van der Waals surface area contributed by atoms with Crippen LogP contribution >= 0.6 is 0 Å². The molecule has 2 aromatic rings. The summed E-state index contributed by atoms with van der Waals surface area (Å²) in [5.41, 5.74) is 1.91. The third-order valence-corrected chi connectivity index (χ3v) is 2.89. The third kappa shape index (κ3) is 3.72. The van der Waals surface area contributed by atoms with Crippen LogP contribution in [0, 0.1) is 13.8 Å². The highest BCUT2D eigenvalue weighted by Crippen LogP contribution is 1.95. The fraction of sp³-hybridized carbons (Fsp3) is 0.357.